The smallest absolute Gasteiger partial charge is 0.329 e. The average Bonchev–Trinajstić information content (AvgIpc) is 3.34. The zero-order valence-electron chi connectivity index (χ0n) is 14.9. The SMILES string of the molecule is Cc1cc(-c2nnnn2Cc2ccc(-c3noc(C(F)(F)F)n3)cc2)ccc1Br. The van der Waals surface area contributed by atoms with Gasteiger partial charge >= 0.3 is 12.1 Å². The third-order valence-electron chi connectivity index (χ3n) is 4.16. The molecule has 148 valence electrons. The van der Waals surface area contributed by atoms with Crippen molar-refractivity contribution in [2.75, 3.05) is 0 Å². The Kier molecular flexibility index (Phi) is 4.91. The van der Waals surface area contributed by atoms with Crippen LogP contribution in [0.4, 0.5) is 13.2 Å². The Hall–Kier alpha value is -3.08. The van der Waals surface area contributed by atoms with Crippen LogP contribution in [0.2, 0.25) is 0 Å². The fourth-order valence-corrected chi connectivity index (χ4v) is 2.94. The highest BCUT2D eigenvalue weighted by atomic mass is 79.9. The van der Waals surface area contributed by atoms with Crippen LogP contribution in [0.25, 0.3) is 22.8 Å². The van der Waals surface area contributed by atoms with Gasteiger partial charge in [0.2, 0.25) is 5.82 Å². The number of hydrogen-bond donors (Lipinski definition) is 0. The van der Waals surface area contributed by atoms with E-state index < -0.39 is 12.1 Å². The van der Waals surface area contributed by atoms with Gasteiger partial charge in [0.15, 0.2) is 5.82 Å². The van der Waals surface area contributed by atoms with Crippen LogP contribution in [0.5, 0.6) is 0 Å². The summed E-state index contributed by atoms with van der Waals surface area (Å²) < 4.78 is 44.7. The summed E-state index contributed by atoms with van der Waals surface area (Å²) in [5.41, 5.74) is 3.20. The Bertz CT molecular complexity index is 1150. The average molecular weight is 465 g/mol. The summed E-state index contributed by atoms with van der Waals surface area (Å²) in [6.07, 6.45) is -4.67. The molecule has 0 radical (unpaired) electrons. The summed E-state index contributed by atoms with van der Waals surface area (Å²) in [5, 5.41) is 15.3. The van der Waals surface area contributed by atoms with E-state index in [1.54, 1.807) is 28.9 Å². The molecule has 29 heavy (non-hydrogen) atoms. The van der Waals surface area contributed by atoms with Crippen molar-refractivity contribution in [3.8, 4) is 22.8 Å². The first-order chi connectivity index (χ1) is 13.8. The van der Waals surface area contributed by atoms with Crippen LogP contribution < -0.4 is 0 Å². The Labute approximate surface area is 170 Å². The number of alkyl halides is 3. The van der Waals surface area contributed by atoms with Gasteiger partial charge < -0.3 is 4.52 Å². The molecule has 4 rings (SSSR count). The largest absolute Gasteiger partial charge is 0.471 e. The van der Waals surface area contributed by atoms with Crippen LogP contribution in [0, 0.1) is 6.92 Å². The number of nitrogens with zero attached hydrogens (tertiary/aromatic N) is 6. The summed E-state index contributed by atoms with van der Waals surface area (Å²) in [5.74, 6) is -0.894. The molecule has 0 aliphatic rings. The first-order valence-corrected chi connectivity index (χ1v) is 9.13. The molecule has 0 bridgehead atoms. The van der Waals surface area contributed by atoms with Crippen LogP contribution in [0.15, 0.2) is 51.5 Å². The van der Waals surface area contributed by atoms with E-state index in [0.29, 0.717) is 17.9 Å². The summed E-state index contributed by atoms with van der Waals surface area (Å²) in [7, 11) is 0. The number of hydrogen-bond acceptors (Lipinski definition) is 6. The third kappa shape index (κ3) is 4.04. The van der Waals surface area contributed by atoms with Crippen molar-refractivity contribution in [1.82, 2.24) is 30.3 Å². The molecule has 0 spiro atoms. The molecule has 0 saturated heterocycles. The minimum Gasteiger partial charge on any atom is -0.329 e. The maximum Gasteiger partial charge on any atom is 0.471 e. The zero-order valence-corrected chi connectivity index (χ0v) is 16.4. The number of benzene rings is 2. The molecular weight excluding hydrogens is 453 g/mol. The maximum atomic E-state index is 12.6. The molecule has 0 N–H and O–H groups in total. The number of aryl methyl sites for hydroxylation is 1. The second-order valence-corrected chi connectivity index (χ2v) is 7.10. The van der Waals surface area contributed by atoms with Gasteiger partial charge in [-0.3, -0.25) is 0 Å². The molecule has 0 atom stereocenters. The molecule has 7 nitrogen and oxygen atoms in total. The summed E-state index contributed by atoms with van der Waals surface area (Å²) in [4.78, 5) is 3.38. The van der Waals surface area contributed by atoms with E-state index in [9.17, 15) is 13.2 Å². The van der Waals surface area contributed by atoms with Crippen molar-refractivity contribution in [1.29, 1.82) is 0 Å². The van der Waals surface area contributed by atoms with Crippen molar-refractivity contribution in [2.24, 2.45) is 0 Å². The monoisotopic (exact) mass is 464 g/mol. The second-order valence-electron chi connectivity index (χ2n) is 6.24. The lowest BCUT2D eigenvalue weighted by molar-refractivity contribution is -0.159. The van der Waals surface area contributed by atoms with Crippen molar-refractivity contribution in [3.05, 3.63) is 64.0 Å². The summed E-state index contributed by atoms with van der Waals surface area (Å²) in [6.45, 7) is 2.36. The molecule has 11 heteroatoms. The van der Waals surface area contributed by atoms with Gasteiger partial charge in [-0.1, -0.05) is 45.4 Å². The minimum atomic E-state index is -4.67. The Balaban J connectivity index is 1.55. The van der Waals surface area contributed by atoms with Gasteiger partial charge in [0.25, 0.3) is 0 Å². The number of halogens is 4. The van der Waals surface area contributed by atoms with Crippen LogP contribution in [-0.4, -0.2) is 30.3 Å². The summed E-state index contributed by atoms with van der Waals surface area (Å²) in [6, 6.07) is 12.6. The fourth-order valence-electron chi connectivity index (χ4n) is 2.69. The van der Waals surface area contributed by atoms with Crippen LogP contribution in [0.1, 0.15) is 17.0 Å². The Morgan fingerprint density at radius 3 is 2.45 bits per heavy atom. The molecule has 4 aromatic rings. The molecule has 0 unspecified atom stereocenters. The number of tetrazole rings is 1. The van der Waals surface area contributed by atoms with Gasteiger partial charge in [-0.2, -0.15) is 18.2 Å². The predicted molar refractivity (Wildman–Crippen MR) is 99.5 cm³/mol. The van der Waals surface area contributed by atoms with E-state index in [1.165, 1.54) is 0 Å². The quantitative estimate of drug-likeness (QED) is 0.441. The first-order valence-electron chi connectivity index (χ1n) is 8.34. The highest BCUT2D eigenvalue weighted by molar-refractivity contribution is 9.10. The van der Waals surface area contributed by atoms with Crippen LogP contribution in [0.3, 0.4) is 0 Å². The van der Waals surface area contributed by atoms with E-state index in [2.05, 4.69) is 46.1 Å². The molecule has 2 aromatic heterocycles. The molecular formula is C18H12BrF3N6O. The standard InChI is InChI=1S/C18H12BrF3N6O/c1-10-8-13(6-7-14(10)19)16-24-26-27-28(16)9-11-2-4-12(5-3-11)15-23-17(29-25-15)18(20,21)22/h2-8H,9H2,1H3. The van der Waals surface area contributed by atoms with E-state index in [1.807, 2.05) is 25.1 Å². The lowest BCUT2D eigenvalue weighted by Gasteiger charge is -2.07. The van der Waals surface area contributed by atoms with E-state index in [0.717, 1.165) is 21.2 Å². The van der Waals surface area contributed by atoms with Crippen molar-refractivity contribution in [2.45, 2.75) is 19.6 Å². The molecule has 0 aliphatic carbocycles. The van der Waals surface area contributed by atoms with Gasteiger partial charge in [0.05, 0.1) is 6.54 Å². The topological polar surface area (TPSA) is 82.5 Å². The van der Waals surface area contributed by atoms with Gasteiger partial charge in [-0.25, -0.2) is 4.68 Å². The van der Waals surface area contributed by atoms with Crippen molar-refractivity contribution >= 4 is 15.9 Å². The molecule has 0 fully saturated rings. The number of aromatic nitrogens is 6. The van der Waals surface area contributed by atoms with Crippen LogP contribution in [-0.2, 0) is 12.7 Å². The lowest BCUT2D eigenvalue weighted by atomic mass is 10.1. The minimum absolute atomic E-state index is 0.127. The lowest BCUT2D eigenvalue weighted by Crippen LogP contribution is -2.05. The highest BCUT2D eigenvalue weighted by Crippen LogP contribution is 2.29. The molecule has 0 amide bonds. The van der Waals surface area contributed by atoms with Gasteiger partial charge in [0.1, 0.15) is 0 Å². The molecule has 0 saturated carbocycles. The van der Waals surface area contributed by atoms with Gasteiger partial charge in [0, 0.05) is 15.6 Å². The molecule has 2 aromatic carbocycles. The normalized spacial score (nSPS) is 11.8. The first kappa shape index (κ1) is 19.2. The summed E-state index contributed by atoms with van der Waals surface area (Å²) >= 11 is 3.47. The van der Waals surface area contributed by atoms with Crippen molar-refractivity contribution < 1.29 is 17.7 Å². The van der Waals surface area contributed by atoms with Crippen LogP contribution >= 0.6 is 15.9 Å². The van der Waals surface area contributed by atoms with Gasteiger partial charge in [-0.05, 0) is 46.7 Å². The molecule has 0 aliphatic heterocycles. The number of rotatable bonds is 4. The Morgan fingerprint density at radius 1 is 1.07 bits per heavy atom. The highest BCUT2D eigenvalue weighted by Gasteiger charge is 2.38. The van der Waals surface area contributed by atoms with Gasteiger partial charge in [-0.15, -0.1) is 5.10 Å². The van der Waals surface area contributed by atoms with E-state index >= 15 is 0 Å². The molecule has 2 heterocycles. The fraction of sp³-hybridized carbons (Fsp3) is 0.167. The Morgan fingerprint density at radius 2 is 1.79 bits per heavy atom. The predicted octanol–water partition coefficient (Wildman–Crippen LogP) is 4.53. The zero-order chi connectivity index (χ0) is 20.6. The van der Waals surface area contributed by atoms with Crippen molar-refractivity contribution in [3.63, 3.8) is 0 Å². The van der Waals surface area contributed by atoms with E-state index in [4.69, 9.17) is 0 Å². The maximum absolute atomic E-state index is 12.6. The second kappa shape index (κ2) is 7.39. The van der Waals surface area contributed by atoms with E-state index in [-0.39, 0.29) is 5.82 Å². The third-order valence-corrected chi connectivity index (χ3v) is 5.05.